The predicted octanol–water partition coefficient (Wildman–Crippen LogP) is 2.91. The van der Waals surface area contributed by atoms with E-state index in [4.69, 9.17) is 14.7 Å². The number of ether oxygens (including phenoxy) is 2. The van der Waals surface area contributed by atoms with Crippen molar-refractivity contribution in [3.8, 4) is 17.6 Å². The van der Waals surface area contributed by atoms with Crippen LogP contribution < -0.4 is 20.1 Å². The van der Waals surface area contributed by atoms with Crippen molar-refractivity contribution in [3.63, 3.8) is 0 Å². The molecular formula is C21H19N5O3. The summed E-state index contributed by atoms with van der Waals surface area (Å²) in [4.78, 5) is 20.6. The van der Waals surface area contributed by atoms with E-state index in [1.165, 1.54) is 12.3 Å². The van der Waals surface area contributed by atoms with Gasteiger partial charge in [0, 0.05) is 6.20 Å². The van der Waals surface area contributed by atoms with Crippen molar-refractivity contribution >= 4 is 17.5 Å². The van der Waals surface area contributed by atoms with Crippen molar-refractivity contribution in [2.24, 2.45) is 0 Å². The Bertz CT molecular complexity index is 1020. The van der Waals surface area contributed by atoms with E-state index in [0.717, 1.165) is 5.75 Å². The highest BCUT2D eigenvalue weighted by molar-refractivity contribution is 5.92. The van der Waals surface area contributed by atoms with E-state index >= 15 is 0 Å². The second kappa shape index (κ2) is 9.71. The van der Waals surface area contributed by atoms with Gasteiger partial charge in [0.05, 0.1) is 24.9 Å². The second-order valence-corrected chi connectivity index (χ2v) is 5.83. The number of hydrogen-bond donors (Lipinski definition) is 2. The first kappa shape index (κ1) is 19.6. The zero-order chi connectivity index (χ0) is 20.5. The molecule has 8 heteroatoms. The second-order valence-electron chi connectivity index (χ2n) is 5.83. The molecule has 1 amide bonds. The van der Waals surface area contributed by atoms with E-state index in [2.05, 4.69) is 26.7 Å². The molecule has 29 heavy (non-hydrogen) atoms. The summed E-state index contributed by atoms with van der Waals surface area (Å²) in [5.74, 6) is 1.32. The number of hydrogen-bond acceptors (Lipinski definition) is 7. The number of rotatable bonds is 8. The zero-order valence-corrected chi connectivity index (χ0v) is 15.8. The molecule has 0 spiro atoms. The molecule has 0 saturated carbocycles. The third-order valence-electron chi connectivity index (χ3n) is 3.90. The minimum Gasteiger partial charge on any atom is -0.497 e. The summed E-state index contributed by atoms with van der Waals surface area (Å²) >= 11 is 0. The number of methoxy groups -OCH3 is 1. The number of anilines is 2. The number of aromatic nitrogens is 2. The summed E-state index contributed by atoms with van der Waals surface area (Å²) in [6.45, 7) is 0.624. The molecule has 3 rings (SSSR count). The molecule has 0 aliphatic heterocycles. The van der Waals surface area contributed by atoms with Crippen LogP contribution in [0.15, 0.2) is 60.8 Å². The molecule has 0 bridgehead atoms. The predicted molar refractivity (Wildman–Crippen MR) is 107 cm³/mol. The third-order valence-corrected chi connectivity index (χ3v) is 3.90. The summed E-state index contributed by atoms with van der Waals surface area (Å²) in [6.07, 6.45) is 1.48. The quantitative estimate of drug-likeness (QED) is 0.570. The highest BCUT2D eigenvalue weighted by Gasteiger charge is 2.10. The number of para-hydroxylation sites is 1. The maximum absolute atomic E-state index is 12.3. The maximum atomic E-state index is 12.3. The summed E-state index contributed by atoms with van der Waals surface area (Å²) in [5, 5.41) is 14.9. The summed E-state index contributed by atoms with van der Waals surface area (Å²) < 4.78 is 10.7. The van der Waals surface area contributed by atoms with E-state index in [-0.39, 0.29) is 17.5 Å². The molecule has 0 aliphatic rings. The van der Waals surface area contributed by atoms with Crippen molar-refractivity contribution in [2.75, 3.05) is 25.6 Å². The number of amides is 1. The lowest BCUT2D eigenvalue weighted by molar-refractivity contribution is 0.0942. The van der Waals surface area contributed by atoms with Crippen LogP contribution in [0.1, 0.15) is 16.1 Å². The number of nitriles is 1. The Balaban J connectivity index is 1.53. The molecule has 2 N–H and O–H groups in total. The first-order chi connectivity index (χ1) is 14.2. The van der Waals surface area contributed by atoms with Crippen LogP contribution in [-0.4, -0.2) is 36.1 Å². The van der Waals surface area contributed by atoms with Crippen molar-refractivity contribution in [1.29, 1.82) is 5.26 Å². The summed E-state index contributed by atoms with van der Waals surface area (Å²) in [6, 6.07) is 17.8. The van der Waals surface area contributed by atoms with E-state index in [9.17, 15) is 4.79 Å². The Kier molecular flexibility index (Phi) is 6.58. The van der Waals surface area contributed by atoms with E-state index in [0.29, 0.717) is 30.2 Å². The lowest BCUT2D eigenvalue weighted by Gasteiger charge is -2.09. The zero-order valence-electron chi connectivity index (χ0n) is 15.8. The molecule has 3 aromatic rings. The van der Waals surface area contributed by atoms with Gasteiger partial charge in [0.2, 0.25) is 5.95 Å². The average Bonchev–Trinajstić information content (AvgIpc) is 2.77. The van der Waals surface area contributed by atoms with Crippen molar-refractivity contribution in [1.82, 2.24) is 15.3 Å². The molecule has 0 saturated heterocycles. The number of carbonyl (C=O) groups is 1. The van der Waals surface area contributed by atoms with Gasteiger partial charge in [0.25, 0.3) is 5.91 Å². The average molecular weight is 389 g/mol. The van der Waals surface area contributed by atoms with Gasteiger partial charge in [-0.3, -0.25) is 4.79 Å². The summed E-state index contributed by atoms with van der Waals surface area (Å²) in [7, 11) is 1.60. The van der Waals surface area contributed by atoms with Gasteiger partial charge in [0.1, 0.15) is 29.9 Å². The maximum Gasteiger partial charge on any atom is 0.270 e. The number of benzene rings is 2. The standard InChI is InChI=1S/C21H19N5O3/c1-28-16-6-8-17(9-7-16)29-13-12-23-20(27)19-10-11-24-21(26-19)25-18-5-3-2-4-15(18)14-22/h2-11H,12-13H2,1H3,(H,23,27)(H,24,25,26). The van der Waals surface area contributed by atoms with Crippen LogP contribution in [0.3, 0.4) is 0 Å². The normalized spacial score (nSPS) is 9.93. The third kappa shape index (κ3) is 5.43. The van der Waals surface area contributed by atoms with Crippen LogP contribution in [0.25, 0.3) is 0 Å². The Morgan fingerprint density at radius 2 is 1.86 bits per heavy atom. The molecule has 0 atom stereocenters. The van der Waals surface area contributed by atoms with Crippen LogP contribution >= 0.6 is 0 Å². The molecule has 8 nitrogen and oxygen atoms in total. The van der Waals surface area contributed by atoms with Crippen LogP contribution in [0.4, 0.5) is 11.6 Å². The fourth-order valence-electron chi connectivity index (χ4n) is 2.45. The fraction of sp³-hybridized carbons (Fsp3) is 0.143. The van der Waals surface area contributed by atoms with Gasteiger partial charge >= 0.3 is 0 Å². The lowest BCUT2D eigenvalue weighted by Crippen LogP contribution is -2.29. The molecule has 2 aromatic carbocycles. The fourth-order valence-corrected chi connectivity index (χ4v) is 2.45. The van der Waals surface area contributed by atoms with Gasteiger partial charge in [-0.05, 0) is 42.5 Å². The van der Waals surface area contributed by atoms with Crippen LogP contribution in [0.2, 0.25) is 0 Å². The first-order valence-electron chi connectivity index (χ1n) is 8.84. The van der Waals surface area contributed by atoms with Crippen LogP contribution in [-0.2, 0) is 0 Å². The van der Waals surface area contributed by atoms with Crippen molar-refractivity contribution in [2.45, 2.75) is 0 Å². The number of nitrogens with zero attached hydrogens (tertiary/aromatic N) is 3. The molecule has 0 unspecified atom stereocenters. The highest BCUT2D eigenvalue weighted by Crippen LogP contribution is 2.18. The van der Waals surface area contributed by atoms with Crippen LogP contribution in [0, 0.1) is 11.3 Å². The highest BCUT2D eigenvalue weighted by atomic mass is 16.5. The topological polar surface area (TPSA) is 109 Å². The van der Waals surface area contributed by atoms with Gasteiger partial charge < -0.3 is 20.1 Å². The molecule has 146 valence electrons. The Morgan fingerprint density at radius 1 is 1.10 bits per heavy atom. The molecule has 0 radical (unpaired) electrons. The van der Waals surface area contributed by atoms with E-state index in [1.807, 2.05) is 0 Å². The SMILES string of the molecule is COc1ccc(OCCNC(=O)c2ccnc(Nc3ccccc3C#N)n2)cc1. The minimum absolute atomic E-state index is 0.210. The van der Waals surface area contributed by atoms with E-state index < -0.39 is 0 Å². The van der Waals surface area contributed by atoms with Gasteiger partial charge in [-0.1, -0.05) is 12.1 Å². The van der Waals surface area contributed by atoms with Crippen molar-refractivity contribution in [3.05, 3.63) is 72.1 Å². The van der Waals surface area contributed by atoms with Gasteiger partial charge in [0.15, 0.2) is 0 Å². The molecular weight excluding hydrogens is 370 g/mol. The van der Waals surface area contributed by atoms with Crippen molar-refractivity contribution < 1.29 is 14.3 Å². The van der Waals surface area contributed by atoms with Gasteiger partial charge in [-0.15, -0.1) is 0 Å². The van der Waals surface area contributed by atoms with Crippen LogP contribution in [0.5, 0.6) is 11.5 Å². The Hall–Kier alpha value is -4.12. The molecule has 1 aromatic heterocycles. The number of carbonyl (C=O) groups excluding carboxylic acids is 1. The Labute approximate surface area is 168 Å². The molecule has 0 fully saturated rings. The Morgan fingerprint density at radius 3 is 2.62 bits per heavy atom. The lowest BCUT2D eigenvalue weighted by atomic mass is 10.2. The monoisotopic (exact) mass is 389 g/mol. The minimum atomic E-state index is -0.345. The van der Waals surface area contributed by atoms with E-state index in [1.54, 1.807) is 55.6 Å². The smallest absolute Gasteiger partial charge is 0.270 e. The molecule has 1 heterocycles. The number of nitrogens with one attached hydrogen (secondary N) is 2. The largest absolute Gasteiger partial charge is 0.497 e. The summed E-state index contributed by atoms with van der Waals surface area (Å²) in [5.41, 5.74) is 1.24. The van der Waals surface area contributed by atoms with Gasteiger partial charge in [-0.2, -0.15) is 5.26 Å². The first-order valence-corrected chi connectivity index (χ1v) is 8.84. The van der Waals surface area contributed by atoms with Gasteiger partial charge in [-0.25, -0.2) is 9.97 Å². The molecule has 0 aliphatic carbocycles.